The van der Waals surface area contributed by atoms with Gasteiger partial charge in [0.15, 0.2) is 0 Å². The van der Waals surface area contributed by atoms with E-state index in [2.05, 4.69) is 19.6 Å². The fourth-order valence-corrected chi connectivity index (χ4v) is 1.34. The lowest BCUT2D eigenvalue weighted by Crippen LogP contribution is -2.19. The first-order valence-corrected chi connectivity index (χ1v) is 5.81. The lowest BCUT2D eigenvalue weighted by molar-refractivity contribution is 0.103. The van der Waals surface area contributed by atoms with Crippen LogP contribution in [0.15, 0.2) is 36.0 Å². The third-order valence-electron chi connectivity index (χ3n) is 2.59. The summed E-state index contributed by atoms with van der Waals surface area (Å²) in [6, 6.07) is 0. The van der Waals surface area contributed by atoms with Crippen molar-refractivity contribution in [1.29, 1.82) is 0 Å². The quantitative estimate of drug-likeness (QED) is 0.641. The van der Waals surface area contributed by atoms with Gasteiger partial charge in [0.05, 0.1) is 5.60 Å². The van der Waals surface area contributed by atoms with Gasteiger partial charge < -0.3 is 5.11 Å². The van der Waals surface area contributed by atoms with Crippen molar-refractivity contribution < 1.29 is 5.11 Å². The molecule has 0 saturated heterocycles. The van der Waals surface area contributed by atoms with Gasteiger partial charge >= 0.3 is 0 Å². The summed E-state index contributed by atoms with van der Waals surface area (Å²) in [6.45, 7) is 15.0. The van der Waals surface area contributed by atoms with Crippen molar-refractivity contribution in [2.24, 2.45) is 0 Å². The minimum atomic E-state index is -0.746. The Morgan fingerprint density at radius 2 is 1.94 bits per heavy atom. The average molecular weight is 220 g/mol. The van der Waals surface area contributed by atoms with E-state index >= 15 is 0 Å². The number of aliphatic hydroxyl groups is 1. The average Bonchev–Trinajstić information content (AvgIpc) is 2.17. The Morgan fingerprint density at radius 3 is 2.44 bits per heavy atom. The molecule has 2 radical (unpaired) electrons. The third kappa shape index (κ3) is 8.49. The molecule has 0 fully saturated rings. The molecule has 0 amide bonds. The van der Waals surface area contributed by atoms with Crippen molar-refractivity contribution in [2.75, 3.05) is 0 Å². The predicted octanol–water partition coefficient (Wildman–Crippen LogP) is 4.09. The van der Waals surface area contributed by atoms with Crippen LogP contribution in [0.1, 0.15) is 46.5 Å². The van der Waals surface area contributed by atoms with E-state index in [1.54, 1.807) is 13.0 Å². The summed E-state index contributed by atoms with van der Waals surface area (Å²) in [5.74, 6) is 0. The van der Waals surface area contributed by atoms with Crippen molar-refractivity contribution in [3.63, 3.8) is 0 Å². The van der Waals surface area contributed by atoms with Gasteiger partial charge in [-0.3, -0.25) is 0 Å². The van der Waals surface area contributed by atoms with Crippen LogP contribution in [-0.4, -0.2) is 10.7 Å². The number of allylic oxidation sites excluding steroid dienone is 4. The van der Waals surface area contributed by atoms with Crippen LogP contribution < -0.4 is 0 Å². The van der Waals surface area contributed by atoms with Crippen LogP contribution in [0.25, 0.3) is 0 Å². The molecule has 0 spiro atoms. The Bertz CT molecular complexity index is 265. The largest absolute Gasteiger partial charge is 0.386 e. The second-order valence-electron chi connectivity index (χ2n) is 4.64. The molecule has 0 aromatic heterocycles. The molecule has 1 heteroatoms. The van der Waals surface area contributed by atoms with Crippen LogP contribution in [0, 0.1) is 6.92 Å². The smallest absolute Gasteiger partial charge is 0.0800 e. The van der Waals surface area contributed by atoms with E-state index < -0.39 is 5.60 Å². The molecule has 0 aliphatic heterocycles. The highest BCUT2D eigenvalue weighted by Crippen LogP contribution is 2.15. The number of hydrogen-bond donors (Lipinski definition) is 1. The zero-order chi connectivity index (χ0) is 12.6. The van der Waals surface area contributed by atoms with Gasteiger partial charge in [0.1, 0.15) is 0 Å². The molecule has 0 rings (SSSR count). The van der Waals surface area contributed by atoms with Gasteiger partial charge in [-0.15, -0.1) is 6.58 Å². The van der Waals surface area contributed by atoms with Crippen LogP contribution in [-0.2, 0) is 0 Å². The lowest BCUT2D eigenvalue weighted by Gasteiger charge is -2.16. The highest BCUT2D eigenvalue weighted by atomic mass is 16.3. The summed E-state index contributed by atoms with van der Waals surface area (Å²) in [4.78, 5) is 0. The van der Waals surface area contributed by atoms with Crippen molar-refractivity contribution in [3.05, 3.63) is 42.9 Å². The maximum absolute atomic E-state index is 9.71. The van der Waals surface area contributed by atoms with Crippen LogP contribution in [0.5, 0.6) is 0 Å². The Balaban J connectivity index is 3.88. The summed E-state index contributed by atoms with van der Waals surface area (Å²) in [5.41, 5.74) is 1.48. The van der Waals surface area contributed by atoms with Gasteiger partial charge in [-0.1, -0.05) is 29.4 Å². The number of rotatable bonds is 7. The molecule has 1 N–H and O–H groups in total. The van der Waals surface area contributed by atoms with Gasteiger partial charge in [-0.05, 0) is 53.4 Å². The van der Waals surface area contributed by atoms with Gasteiger partial charge in [-0.2, -0.15) is 0 Å². The van der Waals surface area contributed by atoms with Crippen molar-refractivity contribution in [1.82, 2.24) is 0 Å². The molecule has 0 aliphatic carbocycles. The zero-order valence-electron chi connectivity index (χ0n) is 10.8. The van der Waals surface area contributed by atoms with Crippen LogP contribution in [0.3, 0.4) is 0 Å². The predicted molar refractivity (Wildman–Crippen MR) is 71.1 cm³/mol. The van der Waals surface area contributed by atoms with Crippen LogP contribution in [0.2, 0.25) is 0 Å². The first-order valence-electron chi connectivity index (χ1n) is 5.81. The maximum Gasteiger partial charge on any atom is 0.0800 e. The Labute approximate surface area is 101 Å². The molecule has 0 aromatic rings. The standard InChI is InChI=1S/C15H24O/c1-6-15(5,16)12-8-11-14(4)10-7-9-13(2)3/h2,6,9,11,16H,1,7-8,10,12H2,3-5H3/b13-9-,14-11+. The maximum atomic E-state index is 9.71. The third-order valence-corrected chi connectivity index (χ3v) is 2.59. The van der Waals surface area contributed by atoms with E-state index in [1.165, 1.54) is 5.57 Å². The monoisotopic (exact) mass is 220 g/mol. The minimum Gasteiger partial charge on any atom is -0.386 e. The molecular weight excluding hydrogens is 196 g/mol. The molecule has 16 heavy (non-hydrogen) atoms. The van der Waals surface area contributed by atoms with Crippen molar-refractivity contribution >= 4 is 0 Å². The summed E-state index contributed by atoms with van der Waals surface area (Å²) in [5, 5.41) is 9.71. The highest BCUT2D eigenvalue weighted by Gasteiger charge is 2.12. The van der Waals surface area contributed by atoms with Crippen LogP contribution in [0.4, 0.5) is 0 Å². The number of hydrogen-bond acceptors (Lipinski definition) is 1. The van der Waals surface area contributed by atoms with E-state index in [0.29, 0.717) is 0 Å². The summed E-state index contributed by atoms with van der Waals surface area (Å²) >= 11 is 0. The molecule has 0 saturated carbocycles. The molecule has 0 bridgehead atoms. The van der Waals surface area contributed by atoms with Gasteiger partial charge in [-0.25, -0.2) is 0 Å². The fraction of sp³-hybridized carbons (Fsp3) is 0.533. The zero-order valence-corrected chi connectivity index (χ0v) is 10.8. The van der Waals surface area contributed by atoms with Crippen LogP contribution >= 0.6 is 0 Å². The van der Waals surface area contributed by atoms with E-state index in [-0.39, 0.29) is 0 Å². The molecule has 1 atom stereocenters. The van der Waals surface area contributed by atoms with E-state index in [1.807, 2.05) is 13.0 Å². The van der Waals surface area contributed by atoms with E-state index in [4.69, 9.17) is 6.92 Å². The van der Waals surface area contributed by atoms with Gasteiger partial charge in [0.25, 0.3) is 0 Å². The highest BCUT2D eigenvalue weighted by molar-refractivity contribution is 5.05. The lowest BCUT2D eigenvalue weighted by atomic mass is 9.99. The van der Waals surface area contributed by atoms with Gasteiger partial charge in [0.2, 0.25) is 0 Å². The first-order chi connectivity index (χ1) is 7.37. The summed E-state index contributed by atoms with van der Waals surface area (Å²) in [6.07, 6.45) is 9.44. The van der Waals surface area contributed by atoms with E-state index in [0.717, 1.165) is 31.3 Å². The molecular formula is C15H24O. The van der Waals surface area contributed by atoms with E-state index in [9.17, 15) is 5.11 Å². The molecule has 0 aromatic carbocycles. The Hall–Kier alpha value is -0.820. The van der Waals surface area contributed by atoms with Crippen molar-refractivity contribution in [3.8, 4) is 0 Å². The molecule has 90 valence electrons. The molecule has 1 nitrogen and oxygen atoms in total. The SMILES string of the molecule is [CH]/C(C)=C/CC/C(C)=C/CCC(C)(O)C=C. The van der Waals surface area contributed by atoms with Crippen molar-refractivity contribution in [2.45, 2.75) is 52.1 Å². The molecule has 0 aliphatic rings. The molecule has 0 heterocycles. The first kappa shape index (κ1) is 15.2. The Morgan fingerprint density at radius 1 is 1.31 bits per heavy atom. The second-order valence-corrected chi connectivity index (χ2v) is 4.64. The molecule has 1 unspecified atom stereocenters. The van der Waals surface area contributed by atoms with Gasteiger partial charge in [0, 0.05) is 0 Å². The Kier molecular flexibility index (Phi) is 7.07. The summed E-state index contributed by atoms with van der Waals surface area (Å²) < 4.78 is 0. The summed E-state index contributed by atoms with van der Waals surface area (Å²) in [7, 11) is 0. The fourth-order valence-electron chi connectivity index (χ4n) is 1.34. The second kappa shape index (κ2) is 7.45. The minimum absolute atomic E-state index is 0.722. The normalized spacial score (nSPS) is 17.1. The topological polar surface area (TPSA) is 20.2 Å².